The van der Waals surface area contributed by atoms with Crippen molar-refractivity contribution in [2.45, 2.75) is 26.3 Å². The predicted octanol–water partition coefficient (Wildman–Crippen LogP) is 0.113. The largest absolute Gasteiger partial charge is 0.466 e. The Bertz CT molecular complexity index is 371. The number of carbonyl (C=O) groups is 1. The van der Waals surface area contributed by atoms with Crippen molar-refractivity contribution in [3.05, 3.63) is 0 Å². The summed E-state index contributed by atoms with van der Waals surface area (Å²) in [5.41, 5.74) is 0. The van der Waals surface area contributed by atoms with Gasteiger partial charge in [-0.05, 0) is 13.8 Å². The lowest BCUT2D eigenvalue weighted by atomic mass is 10.4. The Hall–Kier alpha value is -1.13. The first-order valence-corrected chi connectivity index (χ1v) is 6.47. The average molecular weight is 248 g/mol. The zero-order valence-corrected chi connectivity index (χ0v) is 10.5. The lowest BCUT2D eigenvalue weighted by Gasteiger charge is -2.18. The third-order valence-corrected chi connectivity index (χ3v) is 3.95. The quantitative estimate of drug-likeness (QED) is 0.623. The number of hydrogen-bond donors (Lipinski definition) is 0. The normalized spacial score (nSPS) is 13.2. The van der Waals surface area contributed by atoms with E-state index in [1.807, 2.05) is 6.07 Å². The van der Waals surface area contributed by atoms with E-state index in [1.54, 1.807) is 6.92 Å². The van der Waals surface area contributed by atoms with Gasteiger partial charge in [0.2, 0.25) is 10.0 Å². The van der Waals surface area contributed by atoms with Crippen molar-refractivity contribution >= 4 is 16.0 Å². The molecule has 0 bridgehead atoms. The van der Waals surface area contributed by atoms with Crippen molar-refractivity contribution in [3.63, 3.8) is 0 Å². The molecular formula is C9H16N2O4S. The first-order chi connectivity index (χ1) is 7.35. The molecule has 0 aliphatic rings. The molecule has 0 N–H and O–H groups in total. The average Bonchev–Trinajstić information content (AvgIpc) is 2.25. The highest BCUT2D eigenvalue weighted by Gasteiger charge is 2.23. The molecule has 0 rings (SSSR count). The van der Waals surface area contributed by atoms with Crippen LogP contribution in [0, 0.1) is 11.3 Å². The Morgan fingerprint density at radius 1 is 1.56 bits per heavy atom. The zero-order valence-electron chi connectivity index (χ0n) is 9.63. The number of hydrogen-bond acceptors (Lipinski definition) is 5. The van der Waals surface area contributed by atoms with E-state index in [0.29, 0.717) is 0 Å². The molecule has 6 nitrogen and oxygen atoms in total. The maximum Gasteiger partial charge on any atom is 0.306 e. The maximum atomic E-state index is 11.6. The zero-order chi connectivity index (χ0) is 12.8. The van der Waals surface area contributed by atoms with Crippen LogP contribution in [0.4, 0.5) is 0 Å². The van der Waals surface area contributed by atoms with Gasteiger partial charge in [0.25, 0.3) is 0 Å². The second-order valence-corrected chi connectivity index (χ2v) is 5.34. The molecule has 16 heavy (non-hydrogen) atoms. The Morgan fingerprint density at radius 3 is 2.56 bits per heavy atom. The summed E-state index contributed by atoms with van der Waals surface area (Å²) in [5.74, 6) is -0.891. The van der Waals surface area contributed by atoms with Crippen LogP contribution in [-0.2, 0) is 19.6 Å². The molecule has 0 aromatic rings. The molecule has 7 heteroatoms. The molecule has 0 spiro atoms. The molecule has 0 aliphatic carbocycles. The third-order valence-electron chi connectivity index (χ3n) is 2.04. The fraction of sp³-hybridized carbons (Fsp3) is 0.778. The van der Waals surface area contributed by atoms with Gasteiger partial charge in [0.1, 0.15) is 6.04 Å². The standard InChI is InChI=1S/C9H16N2O4S/c1-4-15-9(12)5-6-16(13,14)11(3)8(2)7-10/h8H,4-6H2,1-3H3. The highest BCUT2D eigenvalue weighted by atomic mass is 32.2. The number of nitrogens with zero attached hydrogens (tertiary/aromatic N) is 2. The minimum Gasteiger partial charge on any atom is -0.466 e. The number of rotatable bonds is 6. The van der Waals surface area contributed by atoms with E-state index in [1.165, 1.54) is 14.0 Å². The van der Waals surface area contributed by atoms with E-state index in [0.717, 1.165) is 4.31 Å². The molecule has 1 unspecified atom stereocenters. The molecule has 0 aliphatic heterocycles. The van der Waals surface area contributed by atoms with Crippen molar-refractivity contribution in [2.75, 3.05) is 19.4 Å². The van der Waals surface area contributed by atoms with Crippen LogP contribution in [0.3, 0.4) is 0 Å². The van der Waals surface area contributed by atoms with Crippen molar-refractivity contribution in [1.82, 2.24) is 4.31 Å². The summed E-state index contributed by atoms with van der Waals surface area (Å²) >= 11 is 0. The molecule has 0 saturated carbocycles. The summed E-state index contributed by atoms with van der Waals surface area (Å²) in [6.45, 7) is 3.35. The minimum atomic E-state index is -3.58. The molecule has 0 amide bonds. The number of nitriles is 1. The molecule has 92 valence electrons. The second-order valence-electron chi connectivity index (χ2n) is 3.19. The van der Waals surface area contributed by atoms with Crippen LogP contribution in [0.25, 0.3) is 0 Å². The van der Waals surface area contributed by atoms with Gasteiger partial charge in [-0.1, -0.05) is 0 Å². The molecule has 0 fully saturated rings. The Balaban J connectivity index is 4.37. The smallest absolute Gasteiger partial charge is 0.306 e. The van der Waals surface area contributed by atoms with Crippen LogP contribution in [-0.4, -0.2) is 44.1 Å². The molecule has 0 heterocycles. The number of carbonyl (C=O) groups excluding carboxylic acids is 1. The van der Waals surface area contributed by atoms with Crippen molar-refractivity contribution in [1.29, 1.82) is 5.26 Å². The van der Waals surface area contributed by atoms with Crippen LogP contribution in [0.5, 0.6) is 0 Å². The summed E-state index contributed by atoms with van der Waals surface area (Å²) < 4.78 is 28.8. The summed E-state index contributed by atoms with van der Waals surface area (Å²) in [4.78, 5) is 11.0. The SMILES string of the molecule is CCOC(=O)CCS(=O)(=O)N(C)C(C)C#N. The van der Waals surface area contributed by atoms with Crippen LogP contribution in [0.2, 0.25) is 0 Å². The summed E-state index contributed by atoms with van der Waals surface area (Å²) in [5, 5.41) is 8.58. The highest BCUT2D eigenvalue weighted by molar-refractivity contribution is 7.89. The van der Waals surface area contributed by atoms with Crippen molar-refractivity contribution < 1.29 is 17.9 Å². The van der Waals surface area contributed by atoms with Crippen molar-refractivity contribution in [2.24, 2.45) is 0 Å². The van der Waals surface area contributed by atoms with E-state index >= 15 is 0 Å². The first kappa shape index (κ1) is 14.9. The van der Waals surface area contributed by atoms with Crippen LogP contribution in [0.1, 0.15) is 20.3 Å². The molecular weight excluding hydrogens is 232 g/mol. The number of ether oxygens (including phenoxy) is 1. The predicted molar refractivity (Wildman–Crippen MR) is 57.9 cm³/mol. The molecule has 0 aromatic carbocycles. The highest BCUT2D eigenvalue weighted by Crippen LogP contribution is 2.05. The number of esters is 1. The maximum absolute atomic E-state index is 11.6. The van der Waals surface area contributed by atoms with Crippen LogP contribution in [0.15, 0.2) is 0 Å². The Morgan fingerprint density at radius 2 is 2.12 bits per heavy atom. The summed E-state index contributed by atoms with van der Waals surface area (Å²) in [7, 11) is -2.26. The lowest BCUT2D eigenvalue weighted by Crippen LogP contribution is -2.36. The fourth-order valence-electron chi connectivity index (χ4n) is 0.912. The van der Waals surface area contributed by atoms with Gasteiger partial charge in [-0.3, -0.25) is 4.79 Å². The first-order valence-electron chi connectivity index (χ1n) is 4.86. The van der Waals surface area contributed by atoms with Gasteiger partial charge in [-0.15, -0.1) is 0 Å². The Kier molecular flexibility index (Phi) is 6.00. The van der Waals surface area contributed by atoms with Crippen molar-refractivity contribution in [3.8, 4) is 6.07 Å². The van der Waals surface area contributed by atoms with Crippen LogP contribution >= 0.6 is 0 Å². The van der Waals surface area contributed by atoms with E-state index in [9.17, 15) is 13.2 Å². The second kappa shape index (κ2) is 6.45. The van der Waals surface area contributed by atoms with Gasteiger partial charge in [0.15, 0.2) is 0 Å². The monoisotopic (exact) mass is 248 g/mol. The molecule has 0 aromatic heterocycles. The van der Waals surface area contributed by atoms with Gasteiger partial charge < -0.3 is 4.74 Å². The Labute approximate surface area is 95.8 Å². The molecule has 0 radical (unpaired) electrons. The van der Waals surface area contributed by atoms with Gasteiger partial charge >= 0.3 is 5.97 Å². The minimum absolute atomic E-state index is 0.196. The van der Waals surface area contributed by atoms with Gasteiger partial charge in [-0.2, -0.15) is 9.57 Å². The van der Waals surface area contributed by atoms with E-state index in [-0.39, 0.29) is 18.8 Å². The molecule has 1 atom stereocenters. The van der Waals surface area contributed by atoms with E-state index in [4.69, 9.17) is 5.26 Å². The van der Waals surface area contributed by atoms with Gasteiger partial charge in [-0.25, -0.2) is 8.42 Å². The van der Waals surface area contributed by atoms with E-state index < -0.39 is 22.0 Å². The third kappa shape index (κ3) is 4.59. The van der Waals surface area contributed by atoms with Gasteiger partial charge in [0.05, 0.1) is 24.8 Å². The topological polar surface area (TPSA) is 87.5 Å². The molecule has 0 saturated heterocycles. The lowest BCUT2D eigenvalue weighted by molar-refractivity contribution is -0.142. The number of sulfonamides is 1. The summed E-state index contributed by atoms with van der Waals surface area (Å²) in [6, 6.07) is 1.07. The summed E-state index contributed by atoms with van der Waals surface area (Å²) in [6.07, 6.45) is -0.196. The van der Waals surface area contributed by atoms with E-state index in [2.05, 4.69) is 4.74 Å². The fourth-order valence-corrected chi connectivity index (χ4v) is 2.15. The van der Waals surface area contributed by atoms with Gasteiger partial charge in [0, 0.05) is 7.05 Å². The van der Waals surface area contributed by atoms with Crippen LogP contribution < -0.4 is 0 Å².